The first-order chi connectivity index (χ1) is 5.85. The highest BCUT2D eigenvalue weighted by molar-refractivity contribution is 4.56. The van der Waals surface area contributed by atoms with Gasteiger partial charge >= 0.3 is 0 Å². The fourth-order valence-electron chi connectivity index (χ4n) is 0.981. The normalized spacial score (nSPS) is 11.0. The van der Waals surface area contributed by atoms with E-state index in [0.717, 1.165) is 6.54 Å². The Hall–Kier alpha value is -0.190. The summed E-state index contributed by atoms with van der Waals surface area (Å²) in [6.45, 7) is 2.51. The van der Waals surface area contributed by atoms with Crippen molar-refractivity contribution in [2.45, 2.75) is 6.42 Å². The van der Waals surface area contributed by atoms with Gasteiger partial charge < -0.3 is 9.84 Å². The highest BCUT2D eigenvalue weighted by Crippen LogP contribution is 1.91. The van der Waals surface area contributed by atoms with Crippen molar-refractivity contribution in [1.82, 2.24) is 4.90 Å². The Labute approximate surface area is 73.1 Å². The van der Waals surface area contributed by atoms with Gasteiger partial charge in [0.2, 0.25) is 0 Å². The molecule has 0 fully saturated rings. The second-order valence-electron chi connectivity index (χ2n) is 2.60. The number of hydrogen-bond acceptors (Lipinski definition) is 3. The molecule has 0 radical (unpaired) electrons. The van der Waals surface area contributed by atoms with E-state index < -0.39 is 0 Å². The SMILES string of the molecule is COCCN(CCO)CCCF. The molecule has 74 valence electrons. The van der Waals surface area contributed by atoms with Crippen LogP contribution in [0.15, 0.2) is 0 Å². The third-order valence-electron chi connectivity index (χ3n) is 1.64. The maximum atomic E-state index is 11.8. The van der Waals surface area contributed by atoms with Crippen LogP contribution in [0.1, 0.15) is 6.42 Å². The van der Waals surface area contributed by atoms with Gasteiger partial charge in [-0.1, -0.05) is 0 Å². The molecule has 0 saturated heterocycles. The summed E-state index contributed by atoms with van der Waals surface area (Å²) in [6, 6.07) is 0. The van der Waals surface area contributed by atoms with Crippen LogP contribution in [0.4, 0.5) is 4.39 Å². The predicted molar refractivity (Wildman–Crippen MR) is 46.0 cm³/mol. The summed E-state index contributed by atoms with van der Waals surface area (Å²) in [5.41, 5.74) is 0. The van der Waals surface area contributed by atoms with Crippen molar-refractivity contribution in [3.63, 3.8) is 0 Å². The maximum Gasteiger partial charge on any atom is 0.0906 e. The Bertz CT molecular complexity index is 85.1. The van der Waals surface area contributed by atoms with Gasteiger partial charge in [-0.15, -0.1) is 0 Å². The van der Waals surface area contributed by atoms with E-state index in [0.29, 0.717) is 26.1 Å². The summed E-state index contributed by atoms with van der Waals surface area (Å²) in [7, 11) is 1.63. The Balaban J connectivity index is 3.40. The average molecular weight is 179 g/mol. The van der Waals surface area contributed by atoms with E-state index in [1.54, 1.807) is 7.11 Å². The number of aliphatic hydroxyl groups excluding tert-OH is 1. The number of methoxy groups -OCH3 is 1. The molecule has 0 aromatic heterocycles. The lowest BCUT2D eigenvalue weighted by molar-refractivity contribution is 0.128. The van der Waals surface area contributed by atoms with E-state index in [1.165, 1.54) is 0 Å². The minimum Gasteiger partial charge on any atom is -0.395 e. The van der Waals surface area contributed by atoms with Crippen molar-refractivity contribution < 1.29 is 14.2 Å². The second kappa shape index (κ2) is 8.90. The van der Waals surface area contributed by atoms with Crippen LogP contribution in [0, 0.1) is 0 Å². The van der Waals surface area contributed by atoms with Gasteiger partial charge in [0.25, 0.3) is 0 Å². The largest absolute Gasteiger partial charge is 0.395 e. The number of halogens is 1. The molecule has 0 aromatic carbocycles. The molecule has 0 aliphatic carbocycles. The zero-order chi connectivity index (χ0) is 9.23. The minimum atomic E-state index is -0.297. The Morgan fingerprint density at radius 2 is 2.08 bits per heavy atom. The molecule has 0 aliphatic rings. The van der Waals surface area contributed by atoms with Crippen molar-refractivity contribution in [3.8, 4) is 0 Å². The van der Waals surface area contributed by atoms with Crippen molar-refractivity contribution in [1.29, 1.82) is 0 Å². The molecule has 0 aliphatic heterocycles. The molecule has 0 spiro atoms. The Kier molecular flexibility index (Phi) is 8.76. The Morgan fingerprint density at radius 3 is 2.58 bits per heavy atom. The molecule has 0 aromatic rings. The quantitative estimate of drug-likeness (QED) is 0.581. The summed E-state index contributed by atoms with van der Waals surface area (Å²) >= 11 is 0. The van der Waals surface area contributed by atoms with Crippen molar-refractivity contribution in [2.24, 2.45) is 0 Å². The topological polar surface area (TPSA) is 32.7 Å². The van der Waals surface area contributed by atoms with Crippen LogP contribution in [-0.2, 0) is 4.74 Å². The van der Waals surface area contributed by atoms with Crippen LogP contribution in [0.3, 0.4) is 0 Å². The lowest BCUT2D eigenvalue weighted by Crippen LogP contribution is -2.31. The summed E-state index contributed by atoms with van der Waals surface area (Å²) in [5.74, 6) is 0. The van der Waals surface area contributed by atoms with Crippen LogP contribution >= 0.6 is 0 Å². The molecular formula is C8H18FNO2. The number of alkyl halides is 1. The van der Waals surface area contributed by atoms with Gasteiger partial charge in [-0.05, 0) is 6.42 Å². The van der Waals surface area contributed by atoms with E-state index in [-0.39, 0.29) is 13.3 Å². The van der Waals surface area contributed by atoms with Crippen molar-refractivity contribution in [3.05, 3.63) is 0 Å². The summed E-state index contributed by atoms with van der Waals surface area (Å²) in [4.78, 5) is 1.99. The third kappa shape index (κ3) is 6.52. The lowest BCUT2D eigenvalue weighted by atomic mass is 10.4. The Morgan fingerprint density at radius 1 is 1.33 bits per heavy atom. The number of rotatable bonds is 8. The van der Waals surface area contributed by atoms with Gasteiger partial charge in [0.05, 0.1) is 19.9 Å². The van der Waals surface area contributed by atoms with Crippen LogP contribution in [0.2, 0.25) is 0 Å². The molecule has 12 heavy (non-hydrogen) atoms. The molecular weight excluding hydrogens is 161 g/mol. The van der Waals surface area contributed by atoms with Gasteiger partial charge in [-0.25, -0.2) is 0 Å². The minimum absolute atomic E-state index is 0.121. The van der Waals surface area contributed by atoms with Crippen LogP contribution < -0.4 is 0 Å². The predicted octanol–water partition coefficient (Wildman–Crippen LogP) is 0.287. The molecule has 0 rings (SSSR count). The molecule has 3 nitrogen and oxygen atoms in total. The van der Waals surface area contributed by atoms with E-state index in [1.807, 2.05) is 4.90 Å². The average Bonchev–Trinajstić information content (AvgIpc) is 2.10. The number of hydrogen-bond donors (Lipinski definition) is 1. The molecule has 1 N–H and O–H groups in total. The first-order valence-electron chi connectivity index (χ1n) is 4.23. The zero-order valence-corrected chi connectivity index (χ0v) is 7.63. The third-order valence-corrected chi connectivity index (χ3v) is 1.64. The number of ether oxygens (including phenoxy) is 1. The lowest BCUT2D eigenvalue weighted by Gasteiger charge is -2.19. The smallest absolute Gasteiger partial charge is 0.0906 e. The van der Waals surface area contributed by atoms with Gasteiger partial charge in [-0.3, -0.25) is 9.29 Å². The number of nitrogens with zero attached hydrogens (tertiary/aromatic N) is 1. The molecule has 0 amide bonds. The monoisotopic (exact) mass is 179 g/mol. The molecule has 4 heteroatoms. The number of aliphatic hydroxyl groups is 1. The molecule has 0 atom stereocenters. The summed E-state index contributed by atoms with van der Waals surface area (Å²) in [6.07, 6.45) is 0.531. The van der Waals surface area contributed by atoms with Crippen LogP contribution in [0.25, 0.3) is 0 Å². The highest BCUT2D eigenvalue weighted by atomic mass is 19.1. The molecule has 0 unspecified atom stereocenters. The van der Waals surface area contributed by atoms with Gasteiger partial charge in [-0.2, -0.15) is 0 Å². The van der Waals surface area contributed by atoms with Crippen LogP contribution in [-0.4, -0.2) is 56.6 Å². The first-order valence-corrected chi connectivity index (χ1v) is 4.23. The fourth-order valence-corrected chi connectivity index (χ4v) is 0.981. The van der Waals surface area contributed by atoms with Gasteiger partial charge in [0.1, 0.15) is 0 Å². The molecule has 0 bridgehead atoms. The van der Waals surface area contributed by atoms with E-state index in [4.69, 9.17) is 9.84 Å². The fraction of sp³-hybridized carbons (Fsp3) is 1.00. The van der Waals surface area contributed by atoms with Crippen molar-refractivity contribution >= 4 is 0 Å². The second-order valence-corrected chi connectivity index (χ2v) is 2.60. The van der Waals surface area contributed by atoms with Gasteiger partial charge in [0, 0.05) is 26.7 Å². The molecule has 0 saturated carbocycles. The molecule has 0 heterocycles. The first kappa shape index (κ1) is 11.8. The maximum absolute atomic E-state index is 11.8. The van der Waals surface area contributed by atoms with E-state index >= 15 is 0 Å². The van der Waals surface area contributed by atoms with Crippen LogP contribution in [0.5, 0.6) is 0 Å². The zero-order valence-electron chi connectivity index (χ0n) is 7.63. The summed E-state index contributed by atoms with van der Waals surface area (Å²) < 4.78 is 16.7. The van der Waals surface area contributed by atoms with Gasteiger partial charge in [0.15, 0.2) is 0 Å². The standard InChI is InChI=1S/C8H18FNO2/c1-12-8-6-10(5-7-11)4-2-3-9/h11H,2-8H2,1H3. The summed E-state index contributed by atoms with van der Waals surface area (Å²) in [5, 5.41) is 8.66. The highest BCUT2D eigenvalue weighted by Gasteiger charge is 2.02. The van der Waals surface area contributed by atoms with Crippen molar-refractivity contribution in [2.75, 3.05) is 46.6 Å². The van der Waals surface area contributed by atoms with E-state index in [9.17, 15) is 4.39 Å². The van der Waals surface area contributed by atoms with E-state index in [2.05, 4.69) is 0 Å².